The third kappa shape index (κ3) is 4.63. The van der Waals surface area contributed by atoms with E-state index >= 15 is 0 Å². The highest BCUT2D eigenvalue weighted by atomic mass is 19.3. The Hall–Kier alpha value is -1.76. The van der Waals surface area contributed by atoms with Crippen molar-refractivity contribution in [2.24, 2.45) is 5.92 Å². The van der Waals surface area contributed by atoms with Crippen LogP contribution < -0.4 is 4.74 Å². The monoisotopic (exact) mass is 300 g/mol. The summed E-state index contributed by atoms with van der Waals surface area (Å²) < 4.78 is 28.7. The number of amides is 1. The molecule has 116 valence electrons. The molecule has 21 heavy (non-hydrogen) atoms. The molecule has 1 N–H and O–H groups in total. The van der Waals surface area contributed by atoms with Gasteiger partial charge in [0, 0.05) is 25.9 Å². The molecule has 0 aliphatic heterocycles. The molecular weight excluding hydrogens is 282 g/mol. The van der Waals surface area contributed by atoms with Crippen molar-refractivity contribution in [1.29, 1.82) is 0 Å². The summed E-state index contributed by atoms with van der Waals surface area (Å²) >= 11 is 0. The number of alkyl halides is 2. The van der Waals surface area contributed by atoms with Crippen LogP contribution in [0.2, 0.25) is 0 Å². The van der Waals surface area contributed by atoms with Crippen molar-refractivity contribution >= 4 is 5.91 Å². The van der Waals surface area contributed by atoms with Gasteiger partial charge in [0.05, 0.1) is 11.7 Å². The summed E-state index contributed by atoms with van der Waals surface area (Å²) in [6, 6.07) is 2.84. The Morgan fingerprint density at radius 2 is 2.24 bits per heavy atom. The van der Waals surface area contributed by atoms with Crippen LogP contribution in [0.3, 0.4) is 0 Å². The molecule has 1 fully saturated rings. The van der Waals surface area contributed by atoms with E-state index in [0.717, 1.165) is 12.8 Å². The molecule has 0 saturated heterocycles. The Bertz CT molecular complexity index is 478. The fourth-order valence-electron chi connectivity index (χ4n) is 1.95. The molecule has 1 unspecified atom stereocenters. The third-order valence-corrected chi connectivity index (χ3v) is 3.31. The maximum atomic E-state index is 12.1. The Balaban J connectivity index is 1.89. The number of aliphatic hydroxyl groups is 1. The number of carbonyl (C=O) groups is 1. The minimum atomic E-state index is -2.57. The number of pyridine rings is 1. The molecule has 1 amide bonds. The van der Waals surface area contributed by atoms with Gasteiger partial charge in [0.2, 0.25) is 5.88 Å². The Kier molecular flexibility index (Phi) is 5.06. The largest absolute Gasteiger partial charge is 0.472 e. The number of carbonyl (C=O) groups excluding carboxylic acids is 1. The second-order valence-electron chi connectivity index (χ2n) is 5.18. The summed E-state index contributed by atoms with van der Waals surface area (Å²) in [6.07, 6.45) is 0.217. The first-order valence-electron chi connectivity index (χ1n) is 6.78. The number of hydrogen-bond acceptors (Lipinski definition) is 4. The number of aromatic nitrogens is 1. The van der Waals surface area contributed by atoms with E-state index in [2.05, 4.69) is 4.98 Å². The molecule has 1 atom stereocenters. The van der Waals surface area contributed by atoms with Crippen LogP contribution in [-0.4, -0.2) is 53.6 Å². The Morgan fingerprint density at radius 3 is 2.76 bits per heavy atom. The molecule has 0 aromatic carbocycles. The van der Waals surface area contributed by atoms with E-state index in [4.69, 9.17) is 4.74 Å². The van der Waals surface area contributed by atoms with Crippen molar-refractivity contribution in [2.45, 2.75) is 25.4 Å². The average molecular weight is 300 g/mol. The number of rotatable bonds is 7. The van der Waals surface area contributed by atoms with Crippen molar-refractivity contribution < 1.29 is 23.4 Å². The highest BCUT2D eigenvalue weighted by Crippen LogP contribution is 2.32. The van der Waals surface area contributed by atoms with E-state index in [1.807, 2.05) is 0 Å². The summed E-state index contributed by atoms with van der Waals surface area (Å²) in [5, 5.41) is 9.82. The molecule has 1 aliphatic rings. The van der Waals surface area contributed by atoms with Gasteiger partial charge in [-0.2, -0.15) is 0 Å². The Morgan fingerprint density at radius 1 is 1.52 bits per heavy atom. The fourth-order valence-corrected chi connectivity index (χ4v) is 1.95. The van der Waals surface area contributed by atoms with Gasteiger partial charge in [0.1, 0.15) is 0 Å². The van der Waals surface area contributed by atoms with Crippen molar-refractivity contribution in [3.05, 3.63) is 23.9 Å². The quantitative estimate of drug-likeness (QED) is 0.830. The van der Waals surface area contributed by atoms with E-state index < -0.39 is 19.1 Å². The minimum absolute atomic E-state index is 0.0486. The van der Waals surface area contributed by atoms with Gasteiger partial charge >= 0.3 is 0 Å². The molecule has 1 aliphatic carbocycles. The average Bonchev–Trinajstić information content (AvgIpc) is 3.29. The van der Waals surface area contributed by atoms with E-state index in [0.29, 0.717) is 11.5 Å². The van der Waals surface area contributed by atoms with Gasteiger partial charge in [0.25, 0.3) is 12.3 Å². The van der Waals surface area contributed by atoms with Crippen LogP contribution in [0.15, 0.2) is 18.3 Å². The number of likely N-dealkylation sites (N-methyl/N-ethyl adjacent to an activating group) is 1. The van der Waals surface area contributed by atoms with Gasteiger partial charge in [-0.3, -0.25) is 4.79 Å². The van der Waals surface area contributed by atoms with Crippen LogP contribution in [0, 0.1) is 5.92 Å². The molecule has 1 saturated carbocycles. The maximum Gasteiger partial charge on any atom is 0.272 e. The molecule has 0 spiro atoms. The minimum Gasteiger partial charge on any atom is -0.472 e. The predicted molar refractivity (Wildman–Crippen MR) is 71.4 cm³/mol. The summed E-state index contributed by atoms with van der Waals surface area (Å²) in [7, 11) is 1.61. The smallest absolute Gasteiger partial charge is 0.272 e. The molecule has 5 nitrogen and oxygen atoms in total. The topological polar surface area (TPSA) is 62.7 Å². The SMILES string of the molecule is CN(CC(O)C1CC1)C(=O)c1ccc(OCC(F)F)nc1. The van der Waals surface area contributed by atoms with Gasteiger partial charge in [-0.1, -0.05) is 0 Å². The lowest BCUT2D eigenvalue weighted by molar-refractivity contribution is 0.0644. The second kappa shape index (κ2) is 6.80. The molecule has 1 aromatic heterocycles. The van der Waals surface area contributed by atoms with E-state index in [-0.39, 0.29) is 18.3 Å². The summed E-state index contributed by atoms with van der Waals surface area (Å²) in [5.74, 6) is 0.0682. The molecular formula is C14H18F2N2O3. The molecule has 1 aromatic rings. The van der Waals surface area contributed by atoms with Gasteiger partial charge in [-0.05, 0) is 24.8 Å². The number of halogens is 2. The lowest BCUT2D eigenvalue weighted by Gasteiger charge is -2.20. The molecule has 2 rings (SSSR count). The number of hydrogen-bond donors (Lipinski definition) is 1. The zero-order chi connectivity index (χ0) is 15.4. The van der Waals surface area contributed by atoms with E-state index in [1.165, 1.54) is 23.2 Å². The van der Waals surface area contributed by atoms with Gasteiger partial charge < -0.3 is 14.7 Å². The zero-order valence-electron chi connectivity index (χ0n) is 11.7. The van der Waals surface area contributed by atoms with Gasteiger partial charge in [-0.15, -0.1) is 0 Å². The zero-order valence-corrected chi connectivity index (χ0v) is 11.7. The lowest BCUT2D eigenvalue weighted by atomic mass is 10.2. The molecule has 0 bridgehead atoms. The van der Waals surface area contributed by atoms with Crippen LogP contribution in [0.1, 0.15) is 23.2 Å². The normalized spacial score (nSPS) is 15.9. The van der Waals surface area contributed by atoms with Crippen molar-refractivity contribution in [1.82, 2.24) is 9.88 Å². The van der Waals surface area contributed by atoms with Crippen molar-refractivity contribution in [3.8, 4) is 5.88 Å². The standard InChI is InChI=1S/C14H18F2N2O3/c1-18(7-11(19)9-2-3-9)14(20)10-4-5-13(17-6-10)21-8-12(15)16/h4-6,9,11-12,19H,2-3,7-8H2,1H3. The van der Waals surface area contributed by atoms with Crippen molar-refractivity contribution in [2.75, 3.05) is 20.2 Å². The summed E-state index contributed by atoms with van der Waals surface area (Å²) in [5.41, 5.74) is 0.324. The van der Waals surface area contributed by atoms with Crippen LogP contribution in [0.4, 0.5) is 8.78 Å². The maximum absolute atomic E-state index is 12.1. The molecule has 7 heteroatoms. The first-order chi connectivity index (χ1) is 9.97. The Labute approximate surface area is 121 Å². The fraction of sp³-hybridized carbons (Fsp3) is 0.571. The lowest BCUT2D eigenvalue weighted by Crippen LogP contribution is -2.35. The highest BCUT2D eigenvalue weighted by molar-refractivity contribution is 5.93. The predicted octanol–water partition coefficient (Wildman–Crippen LogP) is 1.57. The second-order valence-corrected chi connectivity index (χ2v) is 5.18. The van der Waals surface area contributed by atoms with Crippen LogP contribution in [0.25, 0.3) is 0 Å². The number of aliphatic hydroxyl groups excluding tert-OH is 1. The third-order valence-electron chi connectivity index (χ3n) is 3.31. The van der Waals surface area contributed by atoms with Gasteiger partial charge in [0.15, 0.2) is 6.61 Å². The molecule has 1 heterocycles. The van der Waals surface area contributed by atoms with Crippen LogP contribution >= 0.6 is 0 Å². The van der Waals surface area contributed by atoms with E-state index in [1.54, 1.807) is 7.05 Å². The first kappa shape index (κ1) is 15.6. The highest BCUT2D eigenvalue weighted by Gasteiger charge is 2.31. The summed E-state index contributed by atoms with van der Waals surface area (Å²) in [4.78, 5) is 17.4. The van der Waals surface area contributed by atoms with Crippen molar-refractivity contribution in [3.63, 3.8) is 0 Å². The van der Waals surface area contributed by atoms with E-state index in [9.17, 15) is 18.7 Å². The number of ether oxygens (including phenoxy) is 1. The summed E-state index contributed by atoms with van der Waals surface area (Å²) in [6.45, 7) is -0.457. The van der Waals surface area contributed by atoms with Crippen LogP contribution in [0.5, 0.6) is 5.88 Å². The van der Waals surface area contributed by atoms with Crippen LogP contribution in [-0.2, 0) is 0 Å². The number of nitrogens with zero attached hydrogens (tertiary/aromatic N) is 2. The van der Waals surface area contributed by atoms with Gasteiger partial charge in [-0.25, -0.2) is 13.8 Å². The molecule has 0 radical (unpaired) electrons. The first-order valence-corrected chi connectivity index (χ1v) is 6.78.